The minimum absolute atomic E-state index is 0.0401. The zero-order valence-corrected chi connectivity index (χ0v) is 15.2. The van der Waals surface area contributed by atoms with Gasteiger partial charge >= 0.3 is 6.03 Å². The molecule has 1 aliphatic heterocycles. The van der Waals surface area contributed by atoms with Crippen LogP contribution in [0.3, 0.4) is 0 Å². The fraction of sp³-hybridized carbons (Fsp3) is 0.474. The second-order valence-corrected chi connectivity index (χ2v) is 6.68. The van der Waals surface area contributed by atoms with E-state index < -0.39 is 0 Å². The lowest BCUT2D eigenvalue weighted by Crippen LogP contribution is -2.39. The molecule has 3 rings (SSSR count). The van der Waals surface area contributed by atoms with Gasteiger partial charge in [0.1, 0.15) is 0 Å². The van der Waals surface area contributed by atoms with Gasteiger partial charge in [0, 0.05) is 19.6 Å². The topological polar surface area (TPSA) is 50.2 Å². The van der Waals surface area contributed by atoms with Gasteiger partial charge in [0.15, 0.2) is 0 Å². The summed E-state index contributed by atoms with van der Waals surface area (Å²) in [5, 5.41) is 7.54. The predicted octanol–water partition coefficient (Wildman–Crippen LogP) is 3.73. The zero-order chi connectivity index (χ0) is 17.4. The predicted molar refractivity (Wildman–Crippen MR) is 96.4 cm³/mol. The van der Waals surface area contributed by atoms with Crippen molar-refractivity contribution < 1.29 is 4.79 Å². The van der Waals surface area contributed by atoms with Crippen LogP contribution in [0.5, 0.6) is 0 Å². The average molecular weight is 326 g/mol. The first-order chi connectivity index (χ1) is 11.4. The van der Waals surface area contributed by atoms with Crippen molar-refractivity contribution in [1.29, 1.82) is 0 Å². The highest BCUT2D eigenvalue weighted by Crippen LogP contribution is 2.25. The summed E-state index contributed by atoms with van der Waals surface area (Å²) >= 11 is 0. The van der Waals surface area contributed by atoms with Crippen molar-refractivity contribution in [2.45, 2.75) is 54.1 Å². The van der Waals surface area contributed by atoms with Crippen LogP contribution >= 0.6 is 0 Å². The largest absolute Gasteiger partial charge is 0.322 e. The van der Waals surface area contributed by atoms with Crippen LogP contribution in [-0.2, 0) is 19.5 Å². The Kier molecular flexibility index (Phi) is 4.35. The third-order valence-corrected chi connectivity index (χ3v) is 4.90. The first kappa shape index (κ1) is 16.6. The number of nitrogens with one attached hydrogen (secondary N) is 1. The van der Waals surface area contributed by atoms with E-state index in [1.165, 1.54) is 22.3 Å². The van der Waals surface area contributed by atoms with Gasteiger partial charge in [0.25, 0.3) is 0 Å². The fourth-order valence-corrected chi connectivity index (χ4v) is 3.66. The Labute approximate surface area is 143 Å². The van der Waals surface area contributed by atoms with Crippen molar-refractivity contribution in [3.8, 4) is 0 Å². The summed E-state index contributed by atoms with van der Waals surface area (Å²) in [4.78, 5) is 14.6. The second-order valence-electron chi connectivity index (χ2n) is 6.68. The van der Waals surface area contributed by atoms with Crippen molar-refractivity contribution in [2.24, 2.45) is 0 Å². The molecule has 1 N–H and O–H groups in total. The van der Waals surface area contributed by atoms with Crippen LogP contribution in [0.4, 0.5) is 10.5 Å². The minimum atomic E-state index is -0.0401. The molecule has 0 spiro atoms. The Balaban J connectivity index is 1.79. The molecular weight excluding hydrogens is 300 g/mol. The van der Waals surface area contributed by atoms with Crippen LogP contribution in [-0.4, -0.2) is 27.3 Å². The highest BCUT2D eigenvalue weighted by atomic mass is 16.2. The number of carbonyl (C=O) groups is 1. The minimum Gasteiger partial charge on any atom is -0.320 e. The smallest absolute Gasteiger partial charge is 0.320 e. The van der Waals surface area contributed by atoms with Gasteiger partial charge in [0.2, 0.25) is 0 Å². The van der Waals surface area contributed by atoms with Gasteiger partial charge in [-0.05, 0) is 57.7 Å². The van der Waals surface area contributed by atoms with E-state index in [1.807, 2.05) is 23.4 Å². The van der Waals surface area contributed by atoms with E-state index in [4.69, 9.17) is 0 Å². The van der Waals surface area contributed by atoms with Gasteiger partial charge in [-0.25, -0.2) is 4.79 Å². The van der Waals surface area contributed by atoms with Gasteiger partial charge in [-0.15, -0.1) is 0 Å². The molecule has 0 fully saturated rings. The monoisotopic (exact) mass is 326 g/mol. The number of anilines is 1. The summed E-state index contributed by atoms with van der Waals surface area (Å²) in [6.45, 7) is 12.5. The summed E-state index contributed by atoms with van der Waals surface area (Å²) < 4.78 is 1.92. The third kappa shape index (κ3) is 2.90. The number of aryl methyl sites for hydroxylation is 4. The maximum absolute atomic E-state index is 12.7. The third-order valence-electron chi connectivity index (χ3n) is 4.90. The average Bonchev–Trinajstić information content (AvgIpc) is 2.81. The lowest BCUT2D eigenvalue weighted by molar-refractivity contribution is 0.206. The van der Waals surface area contributed by atoms with E-state index in [-0.39, 0.29) is 6.03 Å². The highest BCUT2D eigenvalue weighted by molar-refractivity contribution is 5.90. The molecule has 2 amide bonds. The lowest BCUT2D eigenvalue weighted by Gasteiger charge is -2.30. The normalized spacial score (nSPS) is 13.8. The number of fused-ring (bicyclic) bond motifs is 1. The Bertz CT molecular complexity index is 791. The van der Waals surface area contributed by atoms with E-state index >= 15 is 0 Å². The molecule has 1 aromatic heterocycles. The summed E-state index contributed by atoms with van der Waals surface area (Å²) in [5.74, 6) is 0. The van der Waals surface area contributed by atoms with Gasteiger partial charge in [0.05, 0.1) is 17.1 Å². The van der Waals surface area contributed by atoms with E-state index in [9.17, 15) is 4.79 Å². The van der Waals surface area contributed by atoms with Gasteiger partial charge < -0.3 is 10.2 Å². The Hall–Kier alpha value is -2.30. The Morgan fingerprint density at radius 3 is 2.67 bits per heavy atom. The van der Waals surface area contributed by atoms with Crippen LogP contribution in [0.1, 0.15) is 40.6 Å². The van der Waals surface area contributed by atoms with E-state index in [1.54, 1.807) is 0 Å². The number of benzene rings is 1. The molecule has 0 atom stereocenters. The summed E-state index contributed by atoms with van der Waals surface area (Å²) in [5.41, 5.74) is 7.97. The Morgan fingerprint density at radius 1 is 1.25 bits per heavy atom. The van der Waals surface area contributed by atoms with Crippen LogP contribution < -0.4 is 5.32 Å². The maximum atomic E-state index is 12.7. The molecule has 24 heavy (non-hydrogen) atoms. The number of carbonyl (C=O) groups excluding carboxylic acids is 1. The van der Waals surface area contributed by atoms with E-state index in [2.05, 4.69) is 43.3 Å². The molecular formula is C19H26N4O. The molecule has 0 saturated carbocycles. The van der Waals surface area contributed by atoms with Crippen molar-refractivity contribution in [3.63, 3.8) is 0 Å². The van der Waals surface area contributed by atoms with Crippen LogP contribution in [0.2, 0.25) is 0 Å². The first-order valence-corrected chi connectivity index (χ1v) is 8.59. The summed E-state index contributed by atoms with van der Waals surface area (Å²) in [7, 11) is 0. The van der Waals surface area contributed by atoms with Crippen molar-refractivity contribution in [3.05, 3.63) is 45.8 Å². The highest BCUT2D eigenvalue weighted by Gasteiger charge is 2.23. The van der Waals surface area contributed by atoms with Crippen molar-refractivity contribution >= 4 is 11.7 Å². The molecule has 1 aliphatic rings. The molecule has 5 nitrogen and oxygen atoms in total. The van der Waals surface area contributed by atoms with E-state index in [0.717, 1.165) is 36.6 Å². The van der Waals surface area contributed by atoms with Crippen molar-refractivity contribution in [2.75, 3.05) is 11.9 Å². The first-order valence-electron chi connectivity index (χ1n) is 8.59. The molecule has 2 heterocycles. The zero-order valence-electron chi connectivity index (χ0n) is 15.2. The quantitative estimate of drug-likeness (QED) is 0.914. The molecule has 2 aromatic rings. The number of amides is 2. The van der Waals surface area contributed by atoms with Gasteiger partial charge in [-0.3, -0.25) is 4.68 Å². The van der Waals surface area contributed by atoms with Crippen LogP contribution in [0.15, 0.2) is 12.1 Å². The molecule has 0 radical (unpaired) electrons. The number of hydrogen-bond acceptors (Lipinski definition) is 2. The number of urea groups is 1. The molecule has 0 bridgehead atoms. The summed E-state index contributed by atoms with van der Waals surface area (Å²) in [6, 6.07) is 4.38. The number of aromatic nitrogens is 2. The Morgan fingerprint density at radius 2 is 2.00 bits per heavy atom. The number of rotatable bonds is 2. The van der Waals surface area contributed by atoms with Crippen molar-refractivity contribution in [1.82, 2.24) is 14.7 Å². The fourth-order valence-electron chi connectivity index (χ4n) is 3.66. The lowest BCUT2D eigenvalue weighted by atomic mass is 9.93. The summed E-state index contributed by atoms with van der Waals surface area (Å²) in [6.07, 6.45) is 0.918. The molecule has 0 aliphatic carbocycles. The maximum Gasteiger partial charge on any atom is 0.322 e. The second kappa shape index (κ2) is 6.30. The molecule has 0 unspecified atom stereocenters. The molecule has 0 saturated heterocycles. The van der Waals surface area contributed by atoms with Gasteiger partial charge in [-0.1, -0.05) is 17.7 Å². The van der Waals surface area contributed by atoms with Gasteiger partial charge in [-0.2, -0.15) is 5.10 Å². The number of hydrogen-bond donors (Lipinski definition) is 1. The SMILES string of the molecule is CCn1nc(C)c(NC(=O)N2CCc3c(C)cc(C)cc3C2)c1C. The van der Waals surface area contributed by atoms with Crippen LogP contribution in [0.25, 0.3) is 0 Å². The standard InChI is InChI=1S/C19H26N4O/c1-6-23-15(5)18(14(4)21-23)20-19(24)22-8-7-17-13(3)9-12(2)10-16(17)11-22/h9-10H,6-8,11H2,1-5H3,(H,20,24). The van der Waals surface area contributed by atoms with Crippen LogP contribution in [0, 0.1) is 27.7 Å². The van der Waals surface area contributed by atoms with E-state index in [0.29, 0.717) is 6.54 Å². The molecule has 5 heteroatoms. The molecule has 128 valence electrons. The molecule has 1 aromatic carbocycles. The number of nitrogens with zero attached hydrogens (tertiary/aromatic N) is 3.